The van der Waals surface area contributed by atoms with Crippen LogP contribution in [0.1, 0.15) is 30.3 Å². The lowest BCUT2D eigenvalue weighted by atomic mass is 10.2. The average molecular weight is 272 g/mol. The maximum atomic E-state index is 8.94. The van der Waals surface area contributed by atoms with E-state index in [9.17, 15) is 0 Å². The van der Waals surface area contributed by atoms with E-state index in [0.29, 0.717) is 6.04 Å². The van der Waals surface area contributed by atoms with Gasteiger partial charge in [0, 0.05) is 36.3 Å². The minimum atomic E-state index is 0.233. The first-order valence-corrected chi connectivity index (χ1v) is 7.21. The number of nitrogens with zero attached hydrogens (tertiary/aromatic N) is 1. The van der Waals surface area contributed by atoms with Crippen molar-refractivity contribution in [1.29, 1.82) is 0 Å². The van der Waals surface area contributed by atoms with Gasteiger partial charge in [0.15, 0.2) is 0 Å². The summed E-state index contributed by atoms with van der Waals surface area (Å²) in [5, 5.41) is 12.4. The van der Waals surface area contributed by atoms with Crippen LogP contribution >= 0.6 is 0 Å². The smallest absolute Gasteiger partial charge is 0.0455 e. The Balaban J connectivity index is 2.17. The van der Waals surface area contributed by atoms with E-state index in [2.05, 4.69) is 61.0 Å². The van der Waals surface area contributed by atoms with Crippen LogP contribution in [0.2, 0.25) is 0 Å². The van der Waals surface area contributed by atoms with E-state index in [1.54, 1.807) is 0 Å². The molecule has 2 N–H and O–H groups in total. The van der Waals surface area contributed by atoms with Gasteiger partial charge in [0.25, 0.3) is 0 Å². The van der Waals surface area contributed by atoms with Crippen LogP contribution in [-0.2, 0) is 6.54 Å². The number of aliphatic hydroxyl groups is 1. The van der Waals surface area contributed by atoms with Crippen molar-refractivity contribution in [2.75, 3.05) is 6.61 Å². The Labute approximate surface area is 121 Å². The van der Waals surface area contributed by atoms with Gasteiger partial charge >= 0.3 is 0 Å². The number of para-hydroxylation sites is 1. The van der Waals surface area contributed by atoms with E-state index < -0.39 is 0 Å². The Morgan fingerprint density at radius 1 is 1.20 bits per heavy atom. The van der Waals surface area contributed by atoms with Crippen molar-refractivity contribution in [3.63, 3.8) is 0 Å². The highest BCUT2D eigenvalue weighted by atomic mass is 16.3. The monoisotopic (exact) mass is 272 g/mol. The Bertz CT molecular complexity index is 546. The van der Waals surface area contributed by atoms with Crippen molar-refractivity contribution < 1.29 is 5.11 Å². The highest BCUT2D eigenvalue weighted by Crippen LogP contribution is 2.20. The van der Waals surface area contributed by atoms with Crippen molar-refractivity contribution in [3.8, 4) is 5.69 Å². The van der Waals surface area contributed by atoms with Crippen molar-refractivity contribution in [3.05, 3.63) is 53.3 Å². The largest absolute Gasteiger partial charge is 0.396 e. The summed E-state index contributed by atoms with van der Waals surface area (Å²) >= 11 is 0. The SMILES string of the molecule is Cc1cc(CNC(C)CCO)c(C)n1-c1ccccc1. The van der Waals surface area contributed by atoms with Crippen LogP contribution < -0.4 is 5.32 Å². The molecule has 0 bridgehead atoms. The molecule has 1 heterocycles. The average Bonchev–Trinajstić information content (AvgIpc) is 2.72. The minimum absolute atomic E-state index is 0.233. The van der Waals surface area contributed by atoms with Gasteiger partial charge in [-0.25, -0.2) is 0 Å². The lowest BCUT2D eigenvalue weighted by molar-refractivity contribution is 0.268. The molecule has 3 nitrogen and oxygen atoms in total. The lowest BCUT2D eigenvalue weighted by Gasteiger charge is -2.13. The molecule has 20 heavy (non-hydrogen) atoms. The van der Waals surface area contributed by atoms with Crippen molar-refractivity contribution in [2.24, 2.45) is 0 Å². The van der Waals surface area contributed by atoms with Gasteiger partial charge in [-0.05, 0) is 51.0 Å². The molecule has 1 aromatic carbocycles. The molecule has 0 aliphatic rings. The summed E-state index contributed by atoms with van der Waals surface area (Å²) in [5.74, 6) is 0. The molecular weight excluding hydrogens is 248 g/mol. The van der Waals surface area contributed by atoms with Gasteiger partial charge < -0.3 is 15.0 Å². The fourth-order valence-corrected chi connectivity index (χ4v) is 2.56. The third kappa shape index (κ3) is 3.30. The molecule has 0 aliphatic heterocycles. The van der Waals surface area contributed by atoms with Crippen LogP contribution in [0, 0.1) is 13.8 Å². The standard InChI is InChI=1S/C17H24N2O/c1-13(9-10-20)18-12-16-11-14(2)19(15(16)3)17-7-5-4-6-8-17/h4-8,11,13,18,20H,9-10,12H2,1-3H3. The number of hydrogen-bond acceptors (Lipinski definition) is 2. The van der Waals surface area contributed by atoms with E-state index in [4.69, 9.17) is 5.11 Å². The molecule has 1 unspecified atom stereocenters. The van der Waals surface area contributed by atoms with Crippen LogP contribution in [0.5, 0.6) is 0 Å². The van der Waals surface area contributed by atoms with Crippen molar-refractivity contribution in [2.45, 2.75) is 39.8 Å². The molecule has 0 fully saturated rings. The maximum Gasteiger partial charge on any atom is 0.0455 e. The van der Waals surface area contributed by atoms with E-state index in [-0.39, 0.29) is 6.61 Å². The summed E-state index contributed by atoms with van der Waals surface area (Å²) in [6, 6.07) is 13.0. The lowest BCUT2D eigenvalue weighted by Crippen LogP contribution is -2.26. The van der Waals surface area contributed by atoms with Gasteiger partial charge in [-0.15, -0.1) is 0 Å². The molecule has 0 saturated carbocycles. The zero-order valence-corrected chi connectivity index (χ0v) is 12.6. The Hall–Kier alpha value is -1.58. The predicted octanol–water partition coefficient (Wildman–Crippen LogP) is 2.95. The van der Waals surface area contributed by atoms with E-state index in [0.717, 1.165) is 13.0 Å². The summed E-state index contributed by atoms with van der Waals surface area (Å²) in [6.07, 6.45) is 0.789. The molecule has 1 aromatic heterocycles. The number of benzene rings is 1. The van der Waals surface area contributed by atoms with Crippen LogP contribution in [0.4, 0.5) is 0 Å². The van der Waals surface area contributed by atoms with Gasteiger partial charge in [0.1, 0.15) is 0 Å². The zero-order chi connectivity index (χ0) is 14.5. The van der Waals surface area contributed by atoms with Gasteiger partial charge in [-0.3, -0.25) is 0 Å². The molecule has 0 saturated heterocycles. The van der Waals surface area contributed by atoms with Crippen molar-refractivity contribution in [1.82, 2.24) is 9.88 Å². The van der Waals surface area contributed by atoms with E-state index >= 15 is 0 Å². The fourth-order valence-electron chi connectivity index (χ4n) is 2.56. The number of aryl methyl sites for hydroxylation is 1. The normalized spacial score (nSPS) is 12.6. The Kier molecular flexibility index (Phi) is 4.99. The van der Waals surface area contributed by atoms with E-state index in [1.807, 2.05) is 6.07 Å². The number of aromatic nitrogens is 1. The predicted molar refractivity (Wildman–Crippen MR) is 83.2 cm³/mol. The summed E-state index contributed by atoms with van der Waals surface area (Å²) in [7, 11) is 0. The Morgan fingerprint density at radius 3 is 2.55 bits per heavy atom. The molecule has 0 amide bonds. The second-order valence-corrected chi connectivity index (χ2v) is 5.36. The van der Waals surface area contributed by atoms with Crippen LogP contribution in [-0.4, -0.2) is 22.3 Å². The third-order valence-electron chi connectivity index (χ3n) is 3.75. The topological polar surface area (TPSA) is 37.2 Å². The third-order valence-corrected chi connectivity index (χ3v) is 3.75. The summed E-state index contributed by atoms with van der Waals surface area (Å²) in [4.78, 5) is 0. The highest BCUT2D eigenvalue weighted by molar-refractivity contribution is 5.40. The second-order valence-electron chi connectivity index (χ2n) is 5.36. The first-order valence-electron chi connectivity index (χ1n) is 7.21. The maximum absolute atomic E-state index is 8.94. The first-order chi connectivity index (χ1) is 9.63. The first kappa shape index (κ1) is 14.8. The number of rotatable bonds is 6. The molecular formula is C17H24N2O. The second kappa shape index (κ2) is 6.73. The number of hydrogen-bond donors (Lipinski definition) is 2. The molecule has 0 aliphatic carbocycles. The van der Waals surface area contributed by atoms with Gasteiger partial charge in [-0.2, -0.15) is 0 Å². The molecule has 2 rings (SSSR count). The number of aliphatic hydroxyl groups excluding tert-OH is 1. The van der Waals surface area contributed by atoms with E-state index in [1.165, 1.54) is 22.6 Å². The van der Waals surface area contributed by atoms with Crippen molar-refractivity contribution >= 4 is 0 Å². The zero-order valence-electron chi connectivity index (χ0n) is 12.6. The van der Waals surface area contributed by atoms with Gasteiger partial charge in [-0.1, -0.05) is 18.2 Å². The molecule has 108 valence electrons. The van der Waals surface area contributed by atoms with Crippen LogP contribution in [0.3, 0.4) is 0 Å². The summed E-state index contributed by atoms with van der Waals surface area (Å²) in [6.45, 7) is 7.48. The fraction of sp³-hybridized carbons (Fsp3) is 0.412. The summed E-state index contributed by atoms with van der Waals surface area (Å²) < 4.78 is 2.29. The Morgan fingerprint density at radius 2 is 1.90 bits per heavy atom. The minimum Gasteiger partial charge on any atom is -0.396 e. The molecule has 2 aromatic rings. The number of nitrogens with one attached hydrogen (secondary N) is 1. The van der Waals surface area contributed by atoms with Gasteiger partial charge in [0.2, 0.25) is 0 Å². The van der Waals surface area contributed by atoms with Gasteiger partial charge in [0.05, 0.1) is 0 Å². The highest BCUT2D eigenvalue weighted by Gasteiger charge is 2.11. The quantitative estimate of drug-likeness (QED) is 0.848. The van der Waals surface area contributed by atoms with Crippen LogP contribution in [0.25, 0.3) is 5.69 Å². The molecule has 1 atom stereocenters. The molecule has 0 spiro atoms. The molecule has 3 heteroatoms. The van der Waals surface area contributed by atoms with Crippen LogP contribution in [0.15, 0.2) is 36.4 Å². The molecule has 0 radical (unpaired) electrons. The summed E-state index contributed by atoms with van der Waals surface area (Å²) in [5.41, 5.74) is 5.05.